The second kappa shape index (κ2) is 6.97. The van der Waals surface area contributed by atoms with Gasteiger partial charge >= 0.3 is 12.3 Å². The fourth-order valence-corrected chi connectivity index (χ4v) is 0.628. The molecule has 15 heavy (non-hydrogen) atoms. The van der Waals surface area contributed by atoms with Crippen LogP contribution in [0.1, 0.15) is 6.42 Å². The molecule has 1 N–H and O–H groups in total. The number of amides is 1. The largest absolute Gasteiger partial charge is 0.502 e. The molecule has 0 radical (unpaired) electrons. The number of carbonyl (C=O) groups is 1. The van der Waals surface area contributed by atoms with Crippen molar-refractivity contribution in [3.8, 4) is 0 Å². The number of hydrogen-bond acceptors (Lipinski definition) is 3. The van der Waals surface area contributed by atoms with Gasteiger partial charge in [0.1, 0.15) is 0 Å². The molecule has 0 atom stereocenters. The Bertz CT molecular complexity index is 206. The van der Waals surface area contributed by atoms with Gasteiger partial charge in [-0.25, -0.2) is 4.79 Å². The molecule has 0 spiro atoms. The van der Waals surface area contributed by atoms with Crippen molar-refractivity contribution in [1.29, 1.82) is 0 Å². The molecule has 0 aliphatic rings. The summed E-state index contributed by atoms with van der Waals surface area (Å²) in [6.07, 6.45) is -3.88. The lowest BCUT2D eigenvalue weighted by Gasteiger charge is -2.08. The Morgan fingerprint density at radius 3 is 2.67 bits per heavy atom. The summed E-state index contributed by atoms with van der Waals surface area (Å²) in [7, 11) is 0. The van der Waals surface area contributed by atoms with Gasteiger partial charge in [-0.3, -0.25) is 0 Å². The van der Waals surface area contributed by atoms with Crippen LogP contribution in [-0.4, -0.2) is 32.0 Å². The second-order valence-corrected chi connectivity index (χ2v) is 2.51. The number of rotatable bonds is 6. The highest BCUT2D eigenvalue weighted by molar-refractivity contribution is 5.67. The fourth-order valence-electron chi connectivity index (χ4n) is 0.628. The van der Waals surface area contributed by atoms with Gasteiger partial charge in [0, 0.05) is 6.54 Å². The highest BCUT2D eigenvalue weighted by Gasteiger charge is 2.29. The molecule has 0 rings (SSSR count). The first-order chi connectivity index (χ1) is 6.95. The number of carbonyl (C=O) groups excluding carboxylic acids is 1. The summed E-state index contributed by atoms with van der Waals surface area (Å²) in [5.74, 6) is 0. The molecule has 0 bridgehead atoms. The molecular formula is C8H12F3NO3. The summed E-state index contributed by atoms with van der Waals surface area (Å²) < 4.78 is 43.3. The Labute approximate surface area is 85.0 Å². The van der Waals surface area contributed by atoms with Crippen molar-refractivity contribution in [2.24, 2.45) is 0 Å². The molecule has 1 amide bonds. The van der Waals surface area contributed by atoms with Gasteiger partial charge in [-0.15, -0.1) is 0 Å². The maximum absolute atomic E-state index is 11.6. The highest BCUT2D eigenvalue weighted by Crippen LogP contribution is 2.14. The average Bonchev–Trinajstić information content (AvgIpc) is 2.13. The van der Waals surface area contributed by atoms with Crippen molar-refractivity contribution >= 4 is 6.09 Å². The first-order valence-corrected chi connectivity index (χ1v) is 4.15. The van der Waals surface area contributed by atoms with Crippen LogP contribution >= 0.6 is 0 Å². The molecule has 0 saturated carbocycles. The smallest absolute Gasteiger partial charge is 0.422 e. The number of alkyl carbamates (subject to hydrolysis) is 1. The minimum Gasteiger partial charge on any atom is -0.502 e. The zero-order chi connectivity index (χ0) is 11.7. The minimum absolute atomic E-state index is 0.185. The number of alkyl halides is 3. The molecule has 0 aromatic carbocycles. The third-order valence-electron chi connectivity index (χ3n) is 1.19. The van der Waals surface area contributed by atoms with E-state index in [9.17, 15) is 18.0 Å². The van der Waals surface area contributed by atoms with Crippen LogP contribution < -0.4 is 5.32 Å². The summed E-state index contributed by atoms with van der Waals surface area (Å²) in [4.78, 5) is 10.6. The molecule has 0 fully saturated rings. The van der Waals surface area contributed by atoms with Crippen LogP contribution in [0.5, 0.6) is 0 Å². The molecule has 0 unspecified atom stereocenters. The summed E-state index contributed by atoms with van der Waals surface area (Å²) >= 11 is 0. The minimum atomic E-state index is -4.50. The summed E-state index contributed by atoms with van der Waals surface area (Å²) in [6, 6.07) is 0. The molecule has 0 heterocycles. The van der Waals surface area contributed by atoms with Crippen molar-refractivity contribution in [1.82, 2.24) is 5.32 Å². The molecule has 0 aliphatic carbocycles. The van der Waals surface area contributed by atoms with Crippen molar-refractivity contribution in [3.05, 3.63) is 12.8 Å². The summed E-state index contributed by atoms with van der Waals surface area (Å²) in [5, 5.41) is 2.14. The van der Waals surface area contributed by atoms with Crippen molar-refractivity contribution in [2.75, 3.05) is 19.8 Å². The molecule has 0 aliphatic heterocycles. The lowest BCUT2D eigenvalue weighted by molar-refractivity contribution is -0.160. The van der Waals surface area contributed by atoms with Gasteiger partial charge in [0.05, 0.1) is 12.9 Å². The number of nitrogens with one attached hydrogen (secondary N) is 1. The Hall–Kier alpha value is -1.40. The third-order valence-corrected chi connectivity index (χ3v) is 1.19. The lowest BCUT2D eigenvalue weighted by atomic mass is 10.4. The van der Waals surface area contributed by atoms with Gasteiger partial charge in [-0.2, -0.15) is 13.2 Å². The zero-order valence-corrected chi connectivity index (χ0v) is 7.97. The second-order valence-electron chi connectivity index (χ2n) is 2.51. The van der Waals surface area contributed by atoms with E-state index >= 15 is 0 Å². The van der Waals surface area contributed by atoms with E-state index in [0.717, 1.165) is 0 Å². The zero-order valence-electron chi connectivity index (χ0n) is 7.97. The van der Waals surface area contributed by atoms with Crippen molar-refractivity contribution < 1.29 is 27.4 Å². The SMILES string of the molecule is C=COCCCNC(=O)OCC(F)(F)F. The van der Waals surface area contributed by atoms with Crippen LogP contribution in [0.2, 0.25) is 0 Å². The molecule has 7 heteroatoms. The van der Waals surface area contributed by atoms with Crippen LogP contribution in [0.3, 0.4) is 0 Å². The topological polar surface area (TPSA) is 47.6 Å². The van der Waals surface area contributed by atoms with Crippen LogP contribution in [0.4, 0.5) is 18.0 Å². The Kier molecular flexibility index (Phi) is 6.32. The third kappa shape index (κ3) is 10.5. The van der Waals surface area contributed by atoms with E-state index in [4.69, 9.17) is 4.74 Å². The van der Waals surface area contributed by atoms with E-state index in [1.54, 1.807) is 0 Å². The number of halogens is 3. The van der Waals surface area contributed by atoms with E-state index in [-0.39, 0.29) is 6.54 Å². The predicted molar refractivity (Wildman–Crippen MR) is 46.2 cm³/mol. The quantitative estimate of drug-likeness (QED) is 0.556. The summed E-state index contributed by atoms with van der Waals surface area (Å²) in [6.45, 7) is 2.23. The van der Waals surface area contributed by atoms with Crippen LogP contribution in [0.25, 0.3) is 0 Å². The predicted octanol–water partition coefficient (Wildman–Crippen LogP) is 1.83. The van der Waals surface area contributed by atoms with Crippen LogP contribution in [0, 0.1) is 0 Å². The Morgan fingerprint density at radius 2 is 2.13 bits per heavy atom. The summed E-state index contributed by atoms with van der Waals surface area (Å²) in [5.41, 5.74) is 0. The van der Waals surface area contributed by atoms with Gasteiger partial charge in [-0.05, 0) is 6.42 Å². The molecule has 0 aromatic rings. The number of hydrogen-bond donors (Lipinski definition) is 1. The van der Waals surface area contributed by atoms with E-state index < -0.39 is 18.9 Å². The highest BCUT2D eigenvalue weighted by atomic mass is 19.4. The maximum atomic E-state index is 11.6. The van der Waals surface area contributed by atoms with Crippen LogP contribution in [0.15, 0.2) is 12.8 Å². The lowest BCUT2D eigenvalue weighted by Crippen LogP contribution is -2.30. The molecule has 0 saturated heterocycles. The van der Waals surface area contributed by atoms with Gasteiger partial charge in [-0.1, -0.05) is 6.58 Å². The van der Waals surface area contributed by atoms with Gasteiger partial charge in [0.15, 0.2) is 6.61 Å². The van der Waals surface area contributed by atoms with Crippen LogP contribution in [-0.2, 0) is 9.47 Å². The normalized spacial score (nSPS) is 10.6. The van der Waals surface area contributed by atoms with E-state index in [2.05, 4.69) is 16.6 Å². The van der Waals surface area contributed by atoms with E-state index in [0.29, 0.717) is 13.0 Å². The van der Waals surface area contributed by atoms with Crippen molar-refractivity contribution in [2.45, 2.75) is 12.6 Å². The standard InChI is InChI=1S/C8H12F3NO3/c1-2-14-5-3-4-12-7(13)15-6-8(9,10)11/h2H,1,3-6H2,(H,12,13). The monoisotopic (exact) mass is 227 g/mol. The molecule has 0 aromatic heterocycles. The Morgan fingerprint density at radius 1 is 1.47 bits per heavy atom. The van der Waals surface area contributed by atoms with E-state index in [1.807, 2.05) is 0 Å². The average molecular weight is 227 g/mol. The Balaban J connectivity index is 3.38. The number of ether oxygens (including phenoxy) is 2. The molecule has 4 nitrogen and oxygen atoms in total. The fraction of sp³-hybridized carbons (Fsp3) is 0.625. The van der Waals surface area contributed by atoms with Gasteiger partial charge < -0.3 is 14.8 Å². The van der Waals surface area contributed by atoms with Gasteiger partial charge in [0.2, 0.25) is 0 Å². The van der Waals surface area contributed by atoms with Gasteiger partial charge in [0.25, 0.3) is 0 Å². The maximum Gasteiger partial charge on any atom is 0.422 e. The first-order valence-electron chi connectivity index (χ1n) is 4.15. The first kappa shape index (κ1) is 13.6. The van der Waals surface area contributed by atoms with Crippen molar-refractivity contribution in [3.63, 3.8) is 0 Å². The molecular weight excluding hydrogens is 215 g/mol. The van der Waals surface area contributed by atoms with E-state index in [1.165, 1.54) is 6.26 Å². The molecule has 88 valence electrons.